The standard InChI is InChI=1S/C15H29N3O/c1-5-6-13-15(19)18(12-7-8-17(4)10-12)14(16-13)9-11(2)3/h11-14,16H,5-10H2,1-4H3. The van der Waals surface area contributed by atoms with Crippen molar-refractivity contribution in [3.8, 4) is 0 Å². The summed E-state index contributed by atoms with van der Waals surface area (Å²) in [7, 11) is 2.15. The molecule has 2 aliphatic rings. The van der Waals surface area contributed by atoms with Crippen LogP contribution in [0.4, 0.5) is 0 Å². The molecule has 4 nitrogen and oxygen atoms in total. The maximum atomic E-state index is 12.6. The quantitative estimate of drug-likeness (QED) is 0.823. The third-order valence-corrected chi connectivity index (χ3v) is 4.31. The summed E-state index contributed by atoms with van der Waals surface area (Å²) in [4.78, 5) is 17.1. The van der Waals surface area contributed by atoms with Crippen molar-refractivity contribution < 1.29 is 4.79 Å². The Morgan fingerprint density at radius 3 is 2.68 bits per heavy atom. The van der Waals surface area contributed by atoms with E-state index < -0.39 is 0 Å². The van der Waals surface area contributed by atoms with Crippen molar-refractivity contribution in [3.05, 3.63) is 0 Å². The molecule has 0 aromatic carbocycles. The van der Waals surface area contributed by atoms with Crippen LogP contribution in [0.15, 0.2) is 0 Å². The lowest BCUT2D eigenvalue weighted by Gasteiger charge is -2.31. The summed E-state index contributed by atoms with van der Waals surface area (Å²) < 4.78 is 0. The normalized spacial score (nSPS) is 32.8. The molecule has 0 saturated carbocycles. The van der Waals surface area contributed by atoms with E-state index in [1.54, 1.807) is 0 Å². The number of hydrogen-bond acceptors (Lipinski definition) is 3. The number of nitrogens with zero attached hydrogens (tertiary/aromatic N) is 2. The van der Waals surface area contributed by atoms with Crippen molar-refractivity contribution in [2.45, 2.75) is 64.7 Å². The van der Waals surface area contributed by atoms with Gasteiger partial charge in [0.2, 0.25) is 5.91 Å². The Bertz CT molecular complexity index is 319. The number of nitrogens with one attached hydrogen (secondary N) is 1. The number of hydrogen-bond donors (Lipinski definition) is 1. The molecule has 110 valence electrons. The van der Waals surface area contributed by atoms with Gasteiger partial charge in [0.25, 0.3) is 0 Å². The van der Waals surface area contributed by atoms with Crippen LogP contribution in [0, 0.1) is 5.92 Å². The topological polar surface area (TPSA) is 35.6 Å². The molecule has 4 heteroatoms. The molecule has 2 rings (SSSR count). The van der Waals surface area contributed by atoms with E-state index in [0.717, 1.165) is 38.8 Å². The summed E-state index contributed by atoms with van der Waals surface area (Å²) in [6.07, 6.45) is 4.47. The second-order valence-corrected chi connectivity index (χ2v) is 6.60. The van der Waals surface area contributed by atoms with E-state index in [0.29, 0.717) is 17.9 Å². The Labute approximate surface area is 117 Å². The second kappa shape index (κ2) is 6.23. The molecule has 0 spiro atoms. The van der Waals surface area contributed by atoms with Gasteiger partial charge in [-0.2, -0.15) is 0 Å². The molecule has 3 unspecified atom stereocenters. The highest BCUT2D eigenvalue weighted by Crippen LogP contribution is 2.26. The Morgan fingerprint density at radius 2 is 2.16 bits per heavy atom. The number of carbonyl (C=O) groups is 1. The van der Waals surface area contributed by atoms with Gasteiger partial charge in [0.05, 0.1) is 12.2 Å². The summed E-state index contributed by atoms with van der Waals surface area (Å²) in [5.74, 6) is 0.958. The lowest BCUT2D eigenvalue weighted by Crippen LogP contribution is -2.46. The summed E-state index contributed by atoms with van der Waals surface area (Å²) in [5.41, 5.74) is 0. The zero-order chi connectivity index (χ0) is 14.0. The minimum atomic E-state index is 0.0552. The number of carbonyl (C=O) groups excluding carboxylic acids is 1. The molecular formula is C15H29N3O. The molecule has 19 heavy (non-hydrogen) atoms. The van der Waals surface area contributed by atoms with E-state index in [2.05, 4.69) is 42.9 Å². The molecule has 2 saturated heterocycles. The molecule has 0 aliphatic carbocycles. The fourth-order valence-electron chi connectivity index (χ4n) is 3.41. The van der Waals surface area contributed by atoms with E-state index in [-0.39, 0.29) is 12.2 Å². The molecule has 0 aromatic rings. The number of amides is 1. The van der Waals surface area contributed by atoms with E-state index in [4.69, 9.17) is 0 Å². The maximum Gasteiger partial charge on any atom is 0.241 e. The van der Waals surface area contributed by atoms with Crippen LogP contribution in [-0.2, 0) is 4.79 Å². The van der Waals surface area contributed by atoms with Crippen LogP contribution in [0.5, 0.6) is 0 Å². The highest BCUT2D eigenvalue weighted by Gasteiger charge is 2.43. The van der Waals surface area contributed by atoms with Gasteiger partial charge in [0.1, 0.15) is 0 Å². The van der Waals surface area contributed by atoms with Crippen molar-refractivity contribution in [3.63, 3.8) is 0 Å². The van der Waals surface area contributed by atoms with E-state index in [1.165, 1.54) is 0 Å². The lowest BCUT2D eigenvalue weighted by atomic mass is 10.1. The molecule has 2 aliphatic heterocycles. The molecule has 1 amide bonds. The minimum Gasteiger partial charge on any atom is -0.321 e. The first kappa shape index (κ1) is 14.8. The fourth-order valence-corrected chi connectivity index (χ4v) is 3.41. The number of likely N-dealkylation sites (tertiary alicyclic amines) is 1. The van der Waals surface area contributed by atoms with Gasteiger partial charge < -0.3 is 9.80 Å². The number of rotatable bonds is 5. The van der Waals surface area contributed by atoms with Gasteiger partial charge in [-0.15, -0.1) is 0 Å². The first-order valence-electron chi connectivity index (χ1n) is 7.79. The average Bonchev–Trinajstić information content (AvgIpc) is 2.85. The van der Waals surface area contributed by atoms with Crippen LogP contribution in [0.25, 0.3) is 0 Å². The first-order chi connectivity index (χ1) is 9.02. The van der Waals surface area contributed by atoms with Crippen molar-refractivity contribution in [2.75, 3.05) is 20.1 Å². The molecule has 1 N–H and O–H groups in total. The van der Waals surface area contributed by atoms with Gasteiger partial charge in [0.15, 0.2) is 0 Å². The third-order valence-electron chi connectivity index (χ3n) is 4.31. The molecule has 2 fully saturated rings. The van der Waals surface area contributed by atoms with Gasteiger partial charge in [-0.1, -0.05) is 27.2 Å². The third kappa shape index (κ3) is 3.29. The van der Waals surface area contributed by atoms with Gasteiger partial charge >= 0.3 is 0 Å². The molecule has 3 atom stereocenters. The Morgan fingerprint density at radius 1 is 1.42 bits per heavy atom. The average molecular weight is 267 g/mol. The molecule has 0 aromatic heterocycles. The second-order valence-electron chi connectivity index (χ2n) is 6.60. The SMILES string of the molecule is CCCC1NC(CC(C)C)N(C2CCN(C)C2)C1=O. The van der Waals surface area contributed by atoms with Crippen molar-refractivity contribution in [2.24, 2.45) is 5.92 Å². The predicted octanol–water partition coefficient (Wildman–Crippen LogP) is 1.66. The largest absolute Gasteiger partial charge is 0.321 e. The monoisotopic (exact) mass is 267 g/mol. The van der Waals surface area contributed by atoms with Crippen LogP contribution in [0.1, 0.15) is 46.5 Å². The van der Waals surface area contributed by atoms with E-state index in [1.807, 2.05) is 0 Å². The summed E-state index contributed by atoms with van der Waals surface area (Å²) in [6.45, 7) is 8.76. The highest BCUT2D eigenvalue weighted by atomic mass is 16.2. The zero-order valence-corrected chi connectivity index (χ0v) is 12.9. The van der Waals surface area contributed by atoms with Gasteiger partial charge in [-0.3, -0.25) is 10.1 Å². The fraction of sp³-hybridized carbons (Fsp3) is 0.933. The first-order valence-corrected chi connectivity index (χ1v) is 7.79. The summed E-state index contributed by atoms with van der Waals surface area (Å²) in [5, 5.41) is 3.57. The number of likely N-dealkylation sites (N-methyl/N-ethyl adjacent to an activating group) is 1. The van der Waals surface area contributed by atoms with Gasteiger partial charge in [-0.05, 0) is 38.8 Å². The van der Waals surface area contributed by atoms with Crippen LogP contribution >= 0.6 is 0 Å². The van der Waals surface area contributed by atoms with Crippen LogP contribution in [0.3, 0.4) is 0 Å². The smallest absolute Gasteiger partial charge is 0.241 e. The zero-order valence-electron chi connectivity index (χ0n) is 12.9. The summed E-state index contributed by atoms with van der Waals surface area (Å²) in [6, 6.07) is 0.468. The van der Waals surface area contributed by atoms with Crippen molar-refractivity contribution >= 4 is 5.91 Å². The van der Waals surface area contributed by atoms with Gasteiger partial charge in [0, 0.05) is 12.6 Å². The van der Waals surface area contributed by atoms with E-state index >= 15 is 0 Å². The Balaban J connectivity index is 2.08. The van der Waals surface area contributed by atoms with E-state index in [9.17, 15) is 4.79 Å². The van der Waals surface area contributed by atoms with Crippen LogP contribution < -0.4 is 5.32 Å². The van der Waals surface area contributed by atoms with Crippen molar-refractivity contribution in [1.82, 2.24) is 15.1 Å². The van der Waals surface area contributed by atoms with Crippen LogP contribution in [0.2, 0.25) is 0 Å². The summed E-state index contributed by atoms with van der Waals surface area (Å²) >= 11 is 0. The minimum absolute atomic E-state index is 0.0552. The molecule has 0 radical (unpaired) electrons. The highest BCUT2D eigenvalue weighted by molar-refractivity contribution is 5.84. The predicted molar refractivity (Wildman–Crippen MR) is 77.8 cm³/mol. The van der Waals surface area contributed by atoms with Crippen molar-refractivity contribution in [1.29, 1.82) is 0 Å². The van der Waals surface area contributed by atoms with Crippen LogP contribution in [-0.4, -0.2) is 54.1 Å². The molecular weight excluding hydrogens is 238 g/mol. The Hall–Kier alpha value is -0.610. The maximum absolute atomic E-state index is 12.6. The molecule has 2 heterocycles. The Kier molecular flexibility index (Phi) is 4.85. The van der Waals surface area contributed by atoms with Gasteiger partial charge in [-0.25, -0.2) is 0 Å². The lowest BCUT2D eigenvalue weighted by molar-refractivity contribution is -0.132. The molecule has 0 bridgehead atoms.